The number of hydrogen-bond acceptors (Lipinski definition) is 3. The molecule has 0 amide bonds. The van der Waals surface area contributed by atoms with E-state index in [1.54, 1.807) is 11.8 Å². The Morgan fingerprint density at radius 2 is 2.33 bits per heavy atom. The zero-order chi connectivity index (χ0) is 9.19. The number of rotatable bonds is 3. The van der Waals surface area contributed by atoms with Gasteiger partial charge in [-0.15, -0.1) is 0 Å². The molecule has 0 aliphatic carbocycles. The van der Waals surface area contributed by atoms with Crippen LogP contribution in [0.2, 0.25) is 0 Å². The van der Waals surface area contributed by atoms with Crippen LogP contribution < -0.4 is 5.14 Å². The first-order chi connectivity index (χ1) is 5.54. The van der Waals surface area contributed by atoms with Crippen LogP contribution in [0.25, 0.3) is 0 Å². The van der Waals surface area contributed by atoms with Gasteiger partial charge < -0.3 is 0 Å². The Kier molecular flexibility index (Phi) is 3.39. The van der Waals surface area contributed by atoms with Gasteiger partial charge in [-0.1, -0.05) is 0 Å². The number of nitrogens with zero attached hydrogens (tertiary/aromatic N) is 1. The fourth-order valence-electron chi connectivity index (χ4n) is 1.40. The molecule has 0 aromatic carbocycles. The Balaban J connectivity index is 2.46. The Hall–Kier alpha value is 0.220. The van der Waals surface area contributed by atoms with E-state index in [-0.39, 0.29) is 0 Å². The van der Waals surface area contributed by atoms with Crippen LogP contribution in [0.1, 0.15) is 6.42 Å². The lowest BCUT2D eigenvalue weighted by Crippen LogP contribution is -2.34. The maximum absolute atomic E-state index is 10.9. The Morgan fingerprint density at radius 1 is 1.67 bits per heavy atom. The second kappa shape index (κ2) is 3.95. The van der Waals surface area contributed by atoms with E-state index in [9.17, 15) is 8.42 Å². The van der Waals surface area contributed by atoms with Crippen molar-refractivity contribution in [3.63, 3.8) is 0 Å². The highest BCUT2D eigenvalue weighted by Crippen LogP contribution is 2.20. The molecule has 6 heteroatoms. The quantitative estimate of drug-likeness (QED) is 0.706. The highest BCUT2D eigenvalue weighted by atomic mass is 32.2. The minimum absolute atomic E-state index is 0.485. The van der Waals surface area contributed by atoms with Gasteiger partial charge in [-0.05, 0) is 24.3 Å². The predicted octanol–water partition coefficient (Wildman–Crippen LogP) is -0.125. The lowest BCUT2D eigenvalue weighted by molar-refractivity contribution is 0.467. The van der Waals surface area contributed by atoms with Crippen LogP contribution in [0, 0.1) is 5.92 Å². The van der Waals surface area contributed by atoms with Crippen molar-refractivity contribution in [2.75, 3.05) is 25.1 Å². The molecule has 0 bridgehead atoms. The van der Waals surface area contributed by atoms with Gasteiger partial charge >= 0.3 is 0 Å². The van der Waals surface area contributed by atoms with Crippen LogP contribution in [-0.4, -0.2) is 37.8 Å². The summed E-state index contributed by atoms with van der Waals surface area (Å²) in [6.07, 6.45) is 2.97. The van der Waals surface area contributed by atoms with E-state index >= 15 is 0 Å². The van der Waals surface area contributed by atoms with Crippen LogP contribution in [-0.2, 0) is 10.2 Å². The van der Waals surface area contributed by atoms with Gasteiger partial charge in [-0.3, -0.25) is 0 Å². The highest BCUT2D eigenvalue weighted by Gasteiger charge is 2.28. The van der Waals surface area contributed by atoms with E-state index in [1.807, 2.05) is 6.26 Å². The zero-order valence-corrected chi connectivity index (χ0v) is 8.70. The molecule has 0 radical (unpaired) electrons. The minimum Gasteiger partial charge on any atom is -0.216 e. The maximum Gasteiger partial charge on any atom is 0.276 e. The highest BCUT2D eigenvalue weighted by molar-refractivity contribution is 7.98. The molecular formula is C6H14N2O2S2. The Bertz CT molecular complexity index is 240. The molecule has 0 saturated carbocycles. The Morgan fingerprint density at radius 3 is 2.75 bits per heavy atom. The van der Waals surface area contributed by atoms with E-state index in [0.29, 0.717) is 19.0 Å². The van der Waals surface area contributed by atoms with Crippen LogP contribution in [0.4, 0.5) is 0 Å². The fraction of sp³-hybridized carbons (Fsp3) is 1.00. The minimum atomic E-state index is -3.43. The van der Waals surface area contributed by atoms with E-state index in [0.717, 1.165) is 12.2 Å². The van der Waals surface area contributed by atoms with E-state index in [1.165, 1.54) is 4.31 Å². The molecule has 72 valence electrons. The molecule has 1 aliphatic rings. The molecule has 1 aliphatic heterocycles. The predicted molar refractivity (Wildman–Crippen MR) is 51.2 cm³/mol. The normalized spacial score (nSPS) is 26.3. The van der Waals surface area contributed by atoms with Gasteiger partial charge in [0.1, 0.15) is 0 Å². The first-order valence-corrected chi connectivity index (χ1v) is 6.70. The van der Waals surface area contributed by atoms with E-state index in [2.05, 4.69) is 0 Å². The van der Waals surface area contributed by atoms with Crippen LogP contribution in [0.15, 0.2) is 0 Å². The molecule has 12 heavy (non-hydrogen) atoms. The topological polar surface area (TPSA) is 63.4 Å². The molecule has 2 N–H and O–H groups in total. The summed E-state index contributed by atoms with van der Waals surface area (Å²) >= 11 is 1.75. The maximum atomic E-state index is 10.9. The molecule has 4 nitrogen and oxygen atoms in total. The average Bonchev–Trinajstić information content (AvgIpc) is 2.35. The largest absolute Gasteiger partial charge is 0.276 e. The first-order valence-electron chi connectivity index (χ1n) is 3.81. The summed E-state index contributed by atoms with van der Waals surface area (Å²) < 4.78 is 23.1. The molecule has 1 rings (SSSR count). The van der Waals surface area contributed by atoms with Crippen molar-refractivity contribution < 1.29 is 8.42 Å². The second-order valence-electron chi connectivity index (χ2n) is 3.01. The summed E-state index contributed by atoms with van der Waals surface area (Å²) in [6, 6.07) is 0. The van der Waals surface area contributed by atoms with Crippen LogP contribution in [0.5, 0.6) is 0 Å². The Labute approximate surface area is 77.7 Å². The van der Waals surface area contributed by atoms with Gasteiger partial charge in [0.2, 0.25) is 0 Å². The molecular weight excluding hydrogens is 196 g/mol. The smallest absolute Gasteiger partial charge is 0.216 e. The molecule has 1 saturated heterocycles. The lowest BCUT2D eigenvalue weighted by Gasteiger charge is -2.11. The summed E-state index contributed by atoms with van der Waals surface area (Å²) in [5.41, 5.74) is 0. The first kappa shape index (κ1) is 10.3. The average molecular weight is 210 g/mol. The zero-order valence-electron chi connectivity index (χ0n) is 7.06. The lowest BCUT2D eigenvalue weighted by atomic mass is 10.2. The van der Waals surface area contributed by atoms with Crippen molar-refractivity contribution in [2.45, 2.75) is 6.42 Å². The molecule has 0 aromatic rings. The van der Waals surface area contributed by atoms with Crippen molar-refractivity contribution in [1.29, 1.82) is 0 Å². The molecule has 1 heterocycles. The number of hydrogen-bond donors (Lipinski definition) is 1. The summed E-state index contributed by atoms with van der Waals surface area (Å²) in [5, 5.41) is 4.99. The van der Waals surface area contributed by atoms with Crippen LogP contribution >= 0.6 is 11.8 Å². The van der Waals surface area contributed by atoms with Crippen molar-refractivity contribution in [2.24, 2.45) is 11.1 Å². The summed E-state index contributed by atoms with van der Waals surface area (Å²) in [5.74, 6) is 1.50. The third kappa shape index (κ3) is 2.62. The van der Waals surface area contributed by atoms with E-state index < -0.39 is 10.2 Å². The van der Waals surface area contributed by atoms with Crippen molar-refractivity contribution in [1.82, 2.24) is 4.31 Å². The molecule has 1 fully saturated rings. The monoisotopic (exact) mass is 210 g/mol. The van der Waals surface area contributed by atoms with Gasteiger partial charge in [-0.25, -0.2) is 5.14 Å². The molecule has 1 atom stereocenters. The van der Waals surface area contributed by atoms with Crippen molar-refractivity contribution in [3.05, 3.63) is 0 Å². The van der Waals surface area contributed by atoms with Crippen LogP contribution in [0.3, 0.4) is 0 Å². The third-order valence-corrected chi connectivity index (χ3v) is 3.87. The second-order valence-corrected chi connectivity index (χ2v) is 5.47. The third-order valence-electron chi connectivity index (χ3n) is 2.01. The van der Waals surface area contributed by atoms with Crippen molar-refractivity contribution in [3.8, 4) is 0 Å². The molecule has 0 aromatic heterocycles. The summed E-state index contributed by atoms with van der Waals surface area (Å²) in [4.78, 5) is 0. The summed E-state index contributed by atoms with van der Waals surface area (Å²) in [6.45, 7) is 1.18. The standard InChI is InChI=1S/C6H14N2O2S2/c1-11-5-6-2-3-8(4-6)12(7,9)10/h6H,2-5H2,1H3,(H2,7,9,10). The number of thioether (sulfide) groups is 1. The van der Waals surface area contributed by atoms with Gasteiger partial charge in [0, 0.05) is 13.1 Å². The fourth-order valence-corrected chi connectivity index (χ4v) is 2.92. The number of nitrogens with two attached hydrogens (primary N) is 1. The summed E-state index contributed by atoms with van der Waals surface area (Å²) in [7, 11) is -3.43. The van der Waals surface area contributed by atoms with Gasteiger partial charge in [0.15, 0.2) is 0 Å². The van der Waals surface area contributed by atoms with Gasteiger partial charge in [0.25, 0.3) is 10.2 Å². The molecule has 0 spiro atoms. The van der Waals surface area contributed by atoms with Gasteiger partial charge in [0.05, 0.1) is 0 Å². The van der Waals surface area contributed by atoms with Crippen molar-refractivity contribution >= 4 is 22.0 Å². The van der Waals surface area contributed by atoms with E-state index in [4.69, 9.17) is 5.14 Å². The SMILES string of the molecule is CSCC1CCN(S(N)(=O)=O)C1. The molecule has 1 unspecified atom stereocenters. The van der Waals surface area contributed by atoms with Gasteiger partial charge in [-0.2, -0.15) is 24.5 Å².